The van der Waals surface area contributed by atoms with Crippen LogP contribution in [0, 0.1) is 0 Å². The molecule has 0 aliphatic heterocycles. The molecule has 1 aliphatic rings. The Morgan fingerprint density at radius 2 is 2.33 bits per heavy atom. The SMILES string of the molecule is c1ncc(CNCCOC2CCCC2)o1. The fourth-order valence-electron chi connectivity index (χ4n) is 1.89. The van der Waals surface area contributed by atoms with Gasteiger partial charge in [0.25, 0.3) is 0 Å². The lowest BCUT2D eigenvalue weighted by Gasteiger charge is -2.10. The van der Waals surface area contributed by atoms with Gasteiger partial charge in [-0.15, -0.1) is 0 Å². The largest absolute Gasteiger partial charge is 0.447 e. The van der Waals surface area contributed by atoms with Crippen molar-refractivity contribution in [1.29, 1.82) is 0 Å². The van der Waals surface area contributed by atoms with Crippen molar-refractivity contribution >= 4 is 0 Å². The summed E-state index contributed by atoms with van der Waals surface area (Å²) in [5.74, 6) is 0.871. The van der Waals surface area contributed by atoms with E-state index in [4.69, 9.17) is 9.15 Å². The quantitative estimate of drug-likeness (QED) is 0.726. The molecule has 0 bridgehead atoms. The Morgan fingerprint density at radius 1 is 1.47 bits per heavy atom. The number of nitrogens with zero attached hydrogens (tertiary/aromatic N) is 1. The monoisotopic (exact) mass is 210 g/mol. The van der Waals surface area contributed by atoms with Gasteiger partial charge >= 0.3 is 0 Å². The molecular formula is C11H18N2O2. The van der Waals surface area contributed by atoms with Gasteiger partial charge in [-0.05, 0) is 12.8 Å². The maximum absolute atomic E-state index is 5.71. The maximum atomic E-state index is 5.71. The van der Waals surface area contributed by atoms with E-state index in [1.165, 1.54) is 32.1 Å². The highest BCUT2D eigenvalue weighted by molar-refractivity contribution is 4.86. The van der Waals surface area contributed by atoms with Gasteiger partial charge in [0.1, 0.15) is 5.76 Å². The second-order valence-corrected chi connectivity index (χ2v) is 3.92. The molecule has 1 aromatic rings. The summed E-state index contributed by atoms with van der Waals surface area (Å²) in [7, 11) is 0. The third kappa shape index (κ3) is 3.64. The first-order chi connectivity index (χ1) is 7.45. The Labute approximate surface area is 90.0 Å². The van der Waals surface area contributed by atoms with Crippen LogP contribution in [0.5, 0.6) is 0 Å². The van der Waals surface area contributed by atoms with Gasteiger partial charge in [-0.1, -0.05) is 12.8 Å². The molecule has 84 valence electrons. The molecule has 0 aromatic carbocycles. The van der Waals surface area contributed by atoms with Gasteiger partial charge in [-0.25, -0.2) is 4.98 Å². The van der Waals surface area contributed by atoms with E-state index in [9.17, 15) is 0 Å². The lowest BCUT2D eigenvalue weighted by molar-refractivity contribution is 0.0601. The number of nitrogens with one attached hydrogen (secondary N) is 1. The fourth-order valence-corrected chi connectivity index (χ4v) is 1.89. The molecule has 0 saturated heterocycles. The van der Waals surface area contributed by atoms with Crippen LogP contribution in [0.1, 0.15) is 31.4 Å². The molecule has 1 saturated carbocycles. The summed E-state index contributed by atoms with van der Waals surface area (Å²) in [5.41, 5.74) is 0. The van der Waals surface area contributed by atoms with Crippen molar-refractivity contribution in [3.8, 4) is 0 Å². The van der Waals surface area contributed by atoms with Crippen molar-refractivity contribution in [3.05, 3.63) is 18.4 Å². The molecule has 0 unspecified atom stereocenters. The van der Waals surface area contributed by atoms with Crippen LogP contribution in [0.3, 0.4) is 0 Å². The van der Waals surface area contributed by atoms with Crippen LogP contribution in [0.4, 0.5) is 0 Å². The van der Waals surface area contributed by atoms with Gasteiger partial charge in [-0.2, -0.15) is 0 Å². The average molecular weight is 210 g/mol. The minimum Gasteiger partial charge on any atom is -0.447 e. The molecule has 15 heavy (non-hydrogen) atoms. The Kier molecular flexibility index (Phi) is 4.17. The third-order valence-electron chi connectivity index (χ3n) is 2.72. The number of hydrogen-bond donors (Lipinski definition) is 1. The van der Waals surface area contributed by atoms with E-state index in [0.717, 1.165) is 25.5 Å². The standard InChI is InChI=1S/C11H18N2O2/c1-2-4-10(3-1)14-6-5-12-7-11-8-13-9-15-11/h8-10,12H,1-7H2. The van der Waals surface area contributed by atoms with Crippen LogP contribution in [-0.4, -0.2) is 24.2 Å². The Bertz CT molecular complexity index is 256. The number of oxazole rings is 1. The molecule has 1 aromatic heterocycles. The molecule has 1 N–H and O–H groups in total. The van der Waals surface area contributed by atoms with Crippen molar-refractivity contribution in [2.24, 2.45) is 0 Å². The Balaban J connectivity index is 1.48. The topological polar surface area (TPSA) is 47.3 Å². The van der Waals surface area contributed by atoms with E-state index in [0.29, 0.717) is 6.10 Å². The van der Waals surface area contributed by atoms with Crippen LogP contribution in [0.25, 0.3) is 0 Å². The van der Waals surface area contributed by atoms with Crippen LogP contribution in [-0.2, 0) is 11.3 Å². The zero-order chi connectivity index (χ0) is 10.3. The number of hydrogen-bond acceptors (Lipinski definition) is 4. The van der Waals surface area contributed by atoms with Crippen molar-refractivity contribution < 1.29 is 9.15 Å². The first kappa shape index (κ1) is 10.6. The second-order valence-electron chi connectivity index (χ2n) is 3.92. The van der Waals surface area contributed by atoms with E-state index in [-0.39, 0.29) is 0 Å². The number of rotatable bonds is 6. The number of aromatic nitrogens is 1. The first-order valence-electron chi connectivity index (χ1n) is 5.65. The van der Waals surface area contributed by atoms with Crippen molar-refractivity contribution in [3.63, 3.8) is 0 Å². The molecule has 1 heterocycles. The van der Waals surface area contributed by atoms with Crippen molar-refractivity contribution in [2.75, 3.05) is 13.2 Å². The molecule has 4 nitrogen and oxygen atoms in total. The zero-order valence-corrected chi connectivity index (χ0v) is 8.95. The summed E-state index contributed by atoms with van der Waals surface area (Å²) in [6, 6.07) is 0. The molecule has 0 amide bonds. The predicted octanol–water partition coefficient (Wildman–Crippen LogP) is 1.72. The minimum atomic E-state index is 0.511. The third-order valence-corrected chi connectivity index (χ3v) is 2.72. The predicted molar refractivity (Wildman–Crippen MR) is 56.4 cm³/mol. The van der Waals surface area contributed by atoms with E-state index >= 15 is 0 Å². The normalized spacial score (nSPS) is 17.3. The van der Waals surface area contributed by atoms with Crippen molar-refractivity contribution in [1.82, 2.24) is 10.3 Å². The highest BCUT2D eigenvalue weighted by Crippen LogP contribution is 2.20. The molecule has 0 spiro atoms. The summed E-state index contributed by atoms with van der Waals surface area (Å²) >= 11 is 0. The zero-order valence-electron chi connectivity index (χ0n) is 8.95. The summed E-state index contributed by atoms with van der Waals surface area (Å²) in [5, 5.41) is 3.25. The summed E-state index contributed by atoms with van der Waals surface area (Å²) in [6.45, 7) is 2.39. The van der Waals surface area contributed by atoms with Crippen LogP contribution < -0.4 is 5.32 Å². The Morgan fingerprint density at radius 3 is 3.07 bits per heavy atom. The number of ether oxygens (including phenoxy) is 1. The first-order valence-corrected chi connectivity index (χ1v) is 5.65. The van der Waals surface area contributed by atoms with Crippen molar-refractivity contribution in [2.45, 2.75) is 38.3 Å². The molecule has 4 heteroatoms. The molecule has 2 rings (SSSR count). The summed E-state index contributed by atoms with van der Waals surface area (Å²) < 4.78 is 10.8. The maximum Gasteiger partial charge on any atom is 0.180 e. The van der Waals surface area contributed by atoms with Gasteiger partial charge in [0.2, 0.25) is 0 Å². The second kappa shape index (κ2) is 5.88. The molecular weight excluding hydrogens is 192 g/mol. The van der Waals surface area contributed by atoms with Gasteiger partial charge in [-0.3, -0.25) is 0 Å². The van der Waals surface area contributed by atoms with E-state index in [1.54, 1.807) is 6.20 Å². The lowest BCUT2D eigenvalue weighted by atomic mass is 10.3. The van der Waals surface area contributed by atoms with Gasteiger partial charge in [0, 0.05) is 6.54 Å². The van der Waals surface area contributed by atoms with E-state index < -0.39 is 0 Å². The Hall–Kier alpha value is -0.870. The fraction of sp³-hybridized carbons (Fsp3) is 0.727. The van der Waals surface area contributed by atoms with Gasteiger partial charge in [0.05, 0.1) is 25.5 Å². The van der Waals surface area contributed by atoms with Crippen LogP contribution >= 0.6 is 0 Å². The van der Waals surface area contributed by atoms with E-state index in [1.807, 2.05) is 0 Å². The van der Waals surface area contributed by atoms with E-state index in [2.05, 4.69) is 10.3 Å². The highest BCUT2D eigenvalue weighted by Gasteiger charge is 2.14. The molecule has 0 radical (unpaired) electrons. The summed E-state index contributed by atoms with van der Waals surface area (Å²) in [6.07, 6.45) is 8.82. The average Bonchev–Trinajstić information content (AvgIpc) is 2.88. The van der Waals surface area contributed by atoms with Crippen LogP contribution in [0.2, 0.25) is 0 Å². The molecule has 1 aliphatic carbocycles. The molecule has 0 atom stereocenters. The van der Waals surface area contributed by atoms with Gasteiger partial charge in [0.15, 0.2) is 6.39 Å². The minimum absolute atomic E-state index is 0.511. The highest BCUT2D eigenvalue weighted by atomic mass is 16.5. The smallest absolute Gasteiger partial charge is 0.180 e. The van der Waals surface area contributed by atoms with Gasteiger partial charge < -0.3 is 14.5 Å². The van der Waals surface area contributed by atoms with Crippen LogP contribution in [0.15, 0.2) is 17.0 Å². The summed E-state index contributed by atoms with van der Waals surface area (Å²) in [4.78, 5) is 3.85. The molecule has 1 fully saturated rings. The lowest BCUT2D eigenvalue weighted by Crippen LogP contribution is -2.21.